The van der Waals surface area contributed by atoms with Gasteiger partial charge in [-0.2, -0.15) is 0 Å². The SMILES string of the molecule is CCCCCCCCCCCCCOc1ccc(-c2ccc(O)cc2)cc1.CCCOc1ccc(-c2ccc3c(c2)CN(C)CO3)cc1.CN.O/C=C/O. The minimum atomic E-state index is 0.297. The first-order valence-corrected chi connectivity index (χ1v) is 19.7. The highest BCUT2D eigenvalue weighted by molar-refractivity contribution is 5.67. The van der Waals surface area contributed by atoms with Crippen molar-refractivity contribution in [3.8, 4) is 45.3 Å². The summed E-state index contributed by atoms with van der Waals surface area (Å²) in [5.74, 6) is 3.16. The molecule has 296 valence electrons. The molecule has 8 heteroatoms. The van der Waals surface area contributed by atoms with Crippen LogP contribution < -0.4 is 19.9 Å². The molecule has 1 aliphatic rings. The zero-order valence-electron chi connectivity index (χ0n) is 33.2. The molecule has 4 aromatic rings. The molecule has 0 fully saturated rings. The van der Waals surface area contributed by atoms with E-state index in [2.05, 4.69) is 74.0 Å². The Morgan fingerprint density at radius 1 is 0.593 bits per heavy atom. The largest absolute Gasteiger partial charge is 0.512 e. The zero-order valence-corrected chi connectivity index (χ0v) is 33.2. The number of nitrogens with zero attached hydrogens (tertiary/aromatic N) is 1. The summed E-state index contributed by atoms with van der Waals surface area (Å²) >= 11 is 0. The van der Waals surface area contributed by atoms with Gasteiger partial charge in [0.05, 0.1) is 13.2 Å². The highest BCUT2D eigenvalue weighted by Gasteiger charge is 2.14. The second-order valence-electron chi connectivity index (χ2n) is 13.2. The fourth-order valence-electron chi connectivity index (χ4n) is 5.86. The number of ether oxygens (including phenoxy) is 3. The van der Waals surface area contributed by atoms with Crippen LogP contribution in [0.5, 0.6) is 23.0 Å². The van der Waals surface area contributed by atoms with Crippen molar-refractivity contribution in [1.29, 1.82) is 0 Å². The highest BCUT2D eigenvalue weighted by Crippen LogP contribution is 2.31. The number of unbranched alkanes of at least 4 members (excludes halogenated alkanes) is 10. The quantitative estimate of drug-likeness (QED) is 0.0588. The molecular formula is C46H66N2O6. The second-order valence-corrected chi connectivity index (χ2v) is 13.2. The number of aliphatic hydroxyl groups excluding tert-OH is 2. The predicted molar refractivity (Wildman–Crippen MR) is 225 cm³/mol. The van der Waals surface area contributed by atoms with E-state index in [-0.39, 0.29) is 0 Å². The van der Waals surface area contributed by atoms with Gasteiger partial charge in [0.15, 0.2) is 0 Å². The summed E-state index contributed by atoms with van der Waals surface area (Å²) in [7, 11) is 3.56. The maximum atomic E-state index is 9.37. The number of nitrogens with two attached hydrogens (primary N) is 1. The molecular weight excluding hydrogens is 677 g/mol. The molecule has 5 rings (SSSR count). The summed E-state index contributed by atoms with van der Waals surface area (Å²) in [5.41, 5.74) is 10.4. The maximum Gasteiger partial charge on any atom is 0.142 e. The van der Waals surface area contributed by atoms with Crippen LogP contribution >= 0.6 is 0 Å². The topological polar surface area (TPSA) is 118 Å². The van der Waals surface area contributed by atoms with Crippen molar-refractivity contribution in [2.45, 2.75) is 97.4 Å². The molecule has 0 unspecified atom stereocenters. The van der Waals surface area contributed by atoms with E-state index in [1.165, 1.54) is 87.9 Å². The average Bonchev–Trinajstić information content (AvgIpc) is 3.22. The van der Waals surface area contributed by atoms with Gasteiger partial charge < -0.3 is 35.3 Å². The van der Waals surface area contributed by atoms with Crippen LogP contribution in [0.1, 0.15) is 96.5 Å². The van der Waals surface area contributed by atoms with Gasteiger partial charge in [-0.3, -0.25) is 4.90 Å². The van der Waals surface area contributed by atoms with Crippen LogP contribution in [0.4, 0.5) is 0 Å². The third-order valence-corrected chi connectivity index (χ3v) is 8.74. The number of rotatable bonds is 18. The molecule has 54 heavy (non-hydrogen) atoms. The molecule has 0 bridgehead atoms. The molecule has 1 aliphatic heterocycles. The number of phenolic OH excluding ortho intramolecular Hbond substituents is 1. The summed E-state index contributed by atoms with van der Waals surface area (Å²) in [6.45, 7) is 7.55. The Morgan fingerprint density at radius 3 is 1.54 bits per heavy atom. The fourth-order valence-corrected chi connectivity index (χ4v) is 5.86. The molecule has 4 aromatic carbocycles. The molecule has 0 radical (unpaired) electrons. The van der Waals surface area contributed by atoms with Gasteiger partial charge in [0.1, 0.15) is 42.3 Å². The van der Waals surface area contributed by atoms with E-state index in [1.54, 1.807) is 12.1 Å². The smallest absolute Gasteiger partial charge is 0.142 e. The van der Waals surface area contributed by atoms with Crippen molar-refractivity contribution in [3.05, 3.63) is 109 Å². The average molecular weight is 743 g/mol. The Labute approximate surface area is 325 Å². The number of aliphatic hydroxyl groups is 2. The molecule has 0 amide bonds. The number of aromatic hydroxyl groups is 1. The first-order chi connectivity index (χ1) is 26.5. The van der Waals surface area contributed by atoms with Crippen molar-refractivity contribution < 1.29 is 29.5 Å². The maximum absolute atomic E-state index is 9.37. The number of hydrogen-bond acceptors (Lipinski definition) is 8. The summed E-state index contributed by atoms with van der Waals surface area (Å²) in [6.07, 6.45) is 17.1. The van der Waals surface area contributed by atoms with Crippen LogP contribution in [0, 0.1) is 0 Å². The van der Waals surface area contributed by atoms with E-state index in [9.17, 15) is 5.11 Å². The zero-order chi connectivity index (χ0) is 39.2. The van der Waals surface area contributed by atoms with Gasteiger partial charge in [0, 0.05) is 12.1 Å². The van der Waals surface area contributed by atoms with Gasteiger partial charge in [-0.25, -0.2) is 0 Å². The van der Waals surface area contributed by atoms with Gasteiger partial charge in [-0.05, 0) is 97.7 Å². The van der Waals surface area contributed by atoms with Crippen LogP contribution in [0.25, 0.3) is 22.3 Å². The Balaban J connectivity index is 0.000000332. The second kappa shape index (κ2) is 28.8. The van der Waals surface area contributed by atoms with Crippen molar-refractivity contribution in [1.82, 2.24) is 4.90 Å². The van der Waals surface area contributed by atoms with Crippen molar-refractivity contribution in [2.75, 3.05) is 34.0 Å². The molecule has 0 spiro atoms. The van der Waals surface area contributed by atoms with E-state index in [1.807, 2.05) is 36.4 Å². The monoisotopic (exact) mass is 742 g/mol. The Bertz CT molecular complexity index is 1520. The van der Waals surface area contributed by atoms with Crippen LogP contribution in [0.2, 0.25) is 0 Å². The van der Waals surface area contributed by atoms with Gasteiger partial charge in [-0.15, -0.1) is 0 Å². The molecule has 0 saturated carbocycles. The lowest BCUT2D eigenvalue weighted by Gasteiger charge is -2.25. The van der Waals surface area contributed by atoms with Crippen LogP contribution in [0.3, 0.4) is 0 Å². The molecule has 0 atom stereocenters. The molecule has 1 heterocycles. The van der Waals surface area contributed by atoms with E-state index < -0.39 is 0 Å². The standard InChI is InChI=1S/C25H36O2.C18H21NO2.C2H4O2.CH5N/c1-2-3-4-5-6-7-8-9-10-11-12-21-27-25-19-15-23(16-20-25)22-13-17-24(26)18-14-22;1-3-10-20-17-7-4-14(5-8-17)15-6-9-18-16(11-15)12-19(2)13-21-18;3-1-2-4;1-2/h13-20,26H,2-12,21H2,1H3;4-9,11H,3,10,12-13H2,1-2H3;1-4H;2H2,1H3/b;;2-1+;. The lowest BCUT2D eigenvalue weighted by atomic mass is 10.0. The normalized spacial score (nSPS) is 11.8. The van der Waals surface area contributed by atoms with Gasteiger partial charge >= 0.3 is 0 Å². The van der Waals surface area contributed by atoms with Crippen molar-refractivity contribution in [3.63, 3.8) is 0 Å². The van der Waals surface area contributed by atoms with Gasteiger partial charge in [-0.1, -0.05) is 121 Å². The lowest BCUT2D eigenvalue weighted by molar-refractivity contribution is 0.121. The van der Waals surface area contributed by atoms with Crippen molar-refractivity contribution >= 4 is 0 Å². The molecule has 5 N–H and O–H groups in total. The molecule has 8 nitrogen and oxygen atoms in total. The van der Waals surface area contributed by atoms with E-state index in [4.69, 9.17) is 24.4 Å². The van der Waals surface area contributed by atoms with Crippen LogP contribution in [0.15, 0.2) is 104 Å². The summed E-state index contributed by atoms with van der Waals surface area (Å²) < 4.78 is 17.2. The number of fused-ring (bicyclic) bond motifs is 1. The highest BCUT2D eigenvalue weighted by atomic mass is 16.5. The van der Waals surface area contributed by atoms with Crippen molar-refractivity contribution in [2.24, 2.45) is 5.73 Å². The Kier molecular flexibility index (Phi) is 24.3. The van der Waals surface area contributed by atoms with E-state index in [0.717, 1.165) is 61.0 Å². The minimum absolute atomic E-state index is 0.297. The lowest BCUT2D eigenvalue weighted by Crippen LogP contribution is -2.27. The van der Waals surface area contributed by atoms with Crippen LogP contribution in [-0.2, 0) is 6.54 Å². The van der Waals surface area contributed by atoms with Gasteiger partial charge in [0.2, 0.25) is 0 Å². The summed E-state index contributed by atoms with van der Waals surface area (Å²) in [4.78, 5) is 2.16. The number of hydrogen-bond donors (Lipinski definition) is 4. The Morgan fingerprint density at radius 2 is 1.04 bits per heavy atom. The van der Waals surface area contributed by atoms with Gasteiger partial charge in [0.25, 0.3) is 0 Å². The summed E-state index contributed by atoms with van der Waals surface area (Å²) in [5, 5.41) is 24.3. The van der Waals surface area contributed by atoms with Crippen LogP contribution in [-0.4, -0.2) is 54.3 Å². The first kappa shape index (κ1) is 45.5. The fraction of sp³-hybridized carbons (Fsp3) is 0.435. The van der Waals surface area contributed by atoms with E-state index in [0.29, 0.717) is 25.0 Å². The number of phenols is 1. The molecule has 0 aromatic heterocycles. The Hall–Kier alpha value is -4.66. The molecule has 0 saturated heterocycles. The predicted octanol–water partition coefficient (Wildman–Crippen LogP) is 11.8. The number of benzene rings is 4. The third-order valence-electron chi connectivity index (χ3n) is 8.74. The third kappa shape index (κ3) is 18.4. The first-order valence-electron chi connectivity index (χ1n) is 19.7. The van der Waals surface area contributed by atoms with E-state index >= 15 is 0 Å². The minimum Gasteiger partial charge on any atom is -0.512 e. The molecule has 0 aliphatic carbocycles. The summed E-state index contributed by atoms with van der Waals surface area (Å²) in [6, 6.07) is 30.2.